The van der Waals surface area contributed by atoms with Crippen LogP contribution in [0.1, 0.15) is 6.42 Å². The summed E-state index contributed by atoms with van der Waals surface area (Å²) in [6, 6.07) is -1.06. The predicted octanol–water partition coefficient (Wildman–Crippen LogP) is -0.241. The molecule has 0 rings (SSSR count). The van der Waals surface area contributed by atoms with Crippen molar-refractivity contribution in [3.63, 3.8) is 0 Å². The molecule has 8 heteroatoms. The molecule has 1 atom stereocenters. The Bertz CT molecular complexity index is 304. The van der Waals surface area contributed by atoms with Crippen LogP contribution in [0.4, 0.5) is 0 Å². The Balaban J connectivity index is 4.32. The summed E-state index contributed by atoms with van der Waals surface area (Å²) in [6.07, 6.45) is 2.10. The first-order valence-electron chi connectivity index (χ1n) is 4.63. The number of sulfonamides is 1. The van der Waals surface area contributed by atoms with Gasteiger partial charge in [-0.1, -0.05) is 0 Å². The fraction of sp³-hybridized carbons (Fsp3) is 0.875. The summed E-state index contributed by atoms with van der Waals surface area (Å²) in [5.74, 6) is -0.800. The zero-order valence-electron chi connectivity index (χ0n) is 9.30. The molecule has 0 heterocycles. The van der Waals surface area contributed by atoms with E-state index in [9.17, 15) is 13.2 Å². The fourth-order valence-electron chi connectivity index (χ4n) is 0.937. The molecule has 2 N–H and O–H groups in total. The number of carboxylic acids is 1. The van der Waals surface area contributed by atoms with E-state index in [1.165, 1.54) is 18.9 Å². The first-order chi connectivity index (χ1) is 7.43. The third kappa shape index (κ3) is 7.04. The van der Waals surface area contributed by atoms with Crippen molar-refractivity contribution in [1.82, 2.24) is 4.72 Å². The highest BCUT2D eigenvalue weighted by atomic mass is 32.2. The second-order valence-corrected chi connectivity index (χ2v) is 5.96. The maximum atomic E-state index is 11.4. The lowest BCUT2D eigenvalue weighted by Crippen LogP contribution is -2.42. The first kappa shape index (κ1) is 15.7. The summed E-state index contributed by atoms with van der Waals surface area (Å²) in [4.78, 5) is 10.8. The van der Waals surface area contributed by atoms with Crippen molar-refractivity contribution in [3.05, 3.63) is 0 Å². The molecule has 96 valence electrons. The third-order valence-corrected chi connectivity index (χ3v) is 3.78. The Morgan fingerprint density at radius 1 is 1.56 bits per heavy atom. The first-order valence-corrected chi connectivity index (χ1v) is 7.68. The van der Waals surface area contributed by atoms with E-state index in [4.69, 9.17) is 5.11 Å². The molecule has 0 saturated heterocycles. The number of nitrogens with one attached hydrogen (secondary N) is 1. The van der Waals surface area contributed by atoms with Gasteiger partial charge in [-0.05, 0) is 18.4 Å². The fourth-order valence-corrected chi connectivity index (χ4v) is 2.56. The van der Waals surface area contributed by atoms with E-state index in [0.29, 0.717) is 5.75 Å². The molecule has 0 aromatic rings. The van der Waals surface area contributed by atoms with Gasteiger partial charge in [0, 0.05) is 7.11 Å². The second kappa shape index (κ2) is 7.88. The lowest BCUT2D eigenvalue weighted by molar-refractivity contribution is -0.139. The number of rotatable bonds is 9. The molecule has 16 heavy (non-hydrogen) atoms. The SMILES string of the molecule is COCCS(=O)(=O)N[C@@H](CCSC)C(=O)O. The molecule has 0 radical (unpaired) electrons. The highest BCUT2D eigenvalue weighted by molar-refractivity contribution is 7.98. The minimum atomic E-state index is -3.58. The number of hydrogen-bond donors (Lipinski definition) is 2. The maximum absolute atomic E-state index is 11.4. The van der Waals surface area contributed by atoms with Crippen LogP contribution in [0, 0.1) is 0 Å². The lowest BCUT2D eigenvalue weighted by atomic mass is 10.2. The van der Waals surface area contributed by atoms with Gasteiger partial charge in [0.25, 0.3) is 0 Å². The zero-order valence-corrected chi connectivity index (χ0v) is 10.9. The summed E-state index contributed by atoms with van der Waals surface area (Å²) >= 11 is 1.47. The number of carboxylic acid groups (broad SMARTS) is 1. The molecule has 0 saturated carbocycles. The number of hydrogen-bond acceptors (Lipinski definition) is 5. The molecule has 0 bridgehead atoms. The number of carbonyl (C=O) groups is 1. The van der Waals surface area contributed by atoms with Crippen molar-refractivity contribution >= 4 is 27.8 Å². The van der Waals surface area contributed by atoms with E-state index in [1.54, 1.807) is 0 Å². The van der Waals surface area contributed by atoms with Gasteiger partial charge < -0.3 is 9.84 Å². The smallest absolute Gasteiger partial charge is 0.321 e. The van der Waals surface area contributed by atoms with E-state index < -0.39 is 22.0 Å². The third-order valence-electron chi connectivity index (χ3n) is 1.79. The molecular weight excluding hydrogens is 254 g/mol. The lowest BCUT2D eigenvalue weighted by Gasteiger charge is -2.13. The molecular formula is C8H17NO5S2. The molecule has 0 unspecified atom stereocenters. The standard InChI is InChI=1S/C8H17NO5S2/c1-14-4-6-16(12,13)9-7(8(10)11)3-5-15-2/h7,9H,3-6H2,1-2H3,(H,10,11)/t7-/m0/s1. The average Bonchev–Trinajstić information content (AvgIpc) is 2.21. The Morgan fingerprint density at radius 2 is 2.19 bits per heavy atom. The van der Waals surface area contributed by atoms with E-state index in [-0.39, 0.29) is 18.8 Å². The van der Waals surface area contributed by atoms with Crippen molar-refractivity contribution in [1.29, 1.82) is 0 Å². The van der Waals surface area contributed by atoms with Crippen molar-refractivity contribution in [2.45, 2.75) is 12.5 Å². The largest absolute Gasteiger partial charge is 0.480 e. The minimum Gasteiger partial charge on any atom is -0.480 e. The topological polar surface area (TPSA) is 92.7 Å². The van der Waals surface area contributed by atoms with Crippen LogP contribution in [0.3, 0.4) is 0 Å². The van der Waals surface area contributed by atoms with Gasteiger partial charge in [-0.15, -0.1) is 0 Å². The van der Waals surface area contributed by atoms with Crippen LogP contribution in [-0.4, -0.2) is 57.0 Å². The van der Waals surface area contributed by atoms with Gasteiger partial charge >= 0.3 is 5.97 Å². The molecule has 0 aromatic carbocycles. The van der Waals surface area contributed by atoms with Gasteiger partial charge in [0.15, 0.2) is 0 Å². The number of aliphatic carboxylic acids is 1. The van der Waals surface area contributed by atoms with Crippen molar-refractivity contribution in [2.75, 3.05) is 31.5 Å². The molecule has 6 nitrogen and oxygen atoms in total. The van der Waals surface area contributed by atoms with E-state index in [1.807, 2.05) is 6.26 Å². The van der Waals surface area contributed by atoms with Crippen molar-refractivity contribution < 1.29 is 23.1 Å². The Hall–Kier alpha value is -0.310. The van der Waals surface area contributed by atoms with Gasteiger partial charge in [-0.3, -0.25) is 4.79 Å². The maximum Gasteiger partial charge on any atom is 0.321 e. The number of thioether (sulfide) groups is 1. The molecule has 0 aliphatic rings. The van der Waals surface area contributed by atoms with E-state index in [0.717, 1.165) is 0 Å². The highest BCUT2D eigenvalue weighted by Crippen LogP contribution is 2.02. The summed E-state index contributed by atoms with van der Waals surface area (Å²) in [5.41, 5.74) is 0. The average molecular weight is 271 g/mol. The van der Waals surface area contributed by atoms with E-state index >= 15 is 0 Å². The Kier molecular flexibility index (Phi) is 7.73. The summed E-state index contributed by atoms with van der Waals surface area (Å²) in [5, 5.41) is 8.82. The number of methoxy groups -OCH3 is 1. The summed E-state index contributed by atoms with van der Waals surface area (Å²) < 4.78 is 29.6. The Morgan fingerprint density at radius 3 is 2.62 bits per heavy atom. The quantitative estimate of drug-likeness (QED) is 0.601. The zero-order chi connectivity index (χ0) is 12.6. The van der Waals surface area contributed by atoms with Gasteiger partial charge in [-0.2, -0.15) is 11.8 Å². The van der Waals surface area contributed by atoms with E-state index in [2.05, 4.69) is 9.46 Å². The molecule has 0 aromatic heterocycles. The molecule has 0 fully saturated rings. The summed E-state index contributed by atoms with van der Waals surface area (Å²) in [6.45, 7) is 0.0458. The minimum absolute atomic E-state index is 0.0458. The Labute approximate surface area is 99.8 Å². The highest BCUT2D eigenvalue weighted by Gasteiger charge is 2.23. The number of ether oxygens (including phenoxy) is 1. The molecule has 0 amide bonds. The van der Waals surface area contributed by atoms with Gasteiger partial charge in [0.1, 0.15) is 6.04 Å². The molecule has 0 spiro atoms. The van der Waals surface area contributed by atoms with Crippen LogP contribution in [0.5, 0.6) is 0 Å². The second-order valence-electron chi connectivity index (χ2n) is 3.10. The van der Waals surface area contributed by atoms with Gasteiger partial charge in [0.2, 0.25) is 10.0 Å². The van der Waals surface area contributed by atoms with Crippen LogP contribution in [-0.2, 0) is 19.6 Å². The monoisotopic (exact) mass is 271 g/mol. The summed E-state index contributed by atoms with van der Waals surface area (Å²) in [7, 11) is -2.20. The predicted molar refractivity (Wildman–Crippen MR) is 63.2 cm³/mol. The van der Waals surface area contributed by atoms with Crippen LogP contribution < -0.4 is 4.72 Å². The van der Waals surface area contributed by atoms with Gasteiger partial charge in [-0.25, -0.2) is 13.1 Å². The van der Waals surface area contributed by atoms with Crippen molar-refractivity contribution in [3.8, 4) is 0 Å². The molecule has 0 aliphatic carbocycles. The normalized spacial score (nSPS) is 13.6. The molecule has 0 aliphatic heterocycles. The van der Waals surface area contributed by atoms with Crippen molar-refractivity contribution in [2.24, 2.45) is 0 Å². The van der Waals surface area contributed by atoms with Crippen LogP contribution in [0.25, 0.3) is 0 Å². The van der Waals surface area contributed by atoms with Gasteiger partial charge in [0.05, 0.1) is 12.4 Å². The van der Waals surface area contributed by atoms with Crippen LogP contribution in [0.15, 0.2) is 0 Å². The van der Waals surface area contributed by atoms with Crippen LogP contribution >= 0.6 is 11.8 Å². The van der Waals surface area contributed by atoms with Crippen LogP contribution in [0.2, 0.25) is 0 Å².